The van der Waals surface area contributed by atoms with Crippen molar-refractivity contribution in [3.63, 3.8) is 0 Å². The quantitative estimate of drug-likeness (QED) is 0.614. The molecule has 0 radical (unpaired) electrons. The molecule has 2 rings (SSSR count). The van der Waals surface area contributed by atoms with Crippen LogP contribution in [0.15, 0.2) is 40.9 Å². The van der Waals surface area contributed by atoms with E-state index < -0.39 is 4.92 Å². The number of hydrogen-bond acceptors (Lipinski definition) is 4. The first kappa shape index (κ1) is 15.6. The Balaban J connectivity index is 2.16. The fourth-order valence-electron chi connectivity index (χ4n) is 1.78. The van der Waals surface area contributed by atoms with E-state index in [9.17, 15) is 10.1 Å². The van der Waals surface area contributed by atoms with Crippen molar-refractivity contribution >= 4 is 38.9 Å². The second-order valence-corrected chi connectivity index (χ2v) is 5.54. The summed E-state index contributed by atoms with van der Waals surface area (Å²) in [6.07, 6.45) is 0. The summed E-state index contributed by atoms with van der Waals surface area (Å²) < 4.78 is 6.45. The maximum atomic E-state index is 11.0. The van der Waals surface area contributed by atoms with Crippen molar-refractivity contribution in [1.82, 2.24) is 0 Å². The summed E-state index contributed by atoms with van der Waals surface area (Å²) in [5.41, 5.74) is 1.17. The van der Waals surface area contributed by atoms with Crippen LogP contribution in [0, 0.1) is 10.1 Å². The Hall–Kier alpha value is -1.79. The molecule has 0 aliphatic heterocycles. The number of ether oxygens (including phenoxy) is 1. The predicted octanol–water partition coefficient (Wildman–Crippen LogP) is 4.63. The number of nitro groups is 1. The number of rotatable bonds is 5. The molecule has 0 atom stereocenters. The standard InChI is InChI=1S/C14H12BrClN2O3/c1-17-12-4-2-9(6-13(12)18(19)20)8-21-14-5-3-10(15)7-11(14)16/h2-7,17H,8H2,1H3. The Bertz CT molecular complexity index is 679. The lowest BCUT2D eigenvalue weighted by Crippen LogP contribution is -2.00. The van der Waals surface area contributed by atoms with Gasteiger partial charge in [0.2, 0.25) is 0 Å². The average molecular weight is 372 g/mol. The minimum atomic E-state index is -0.429. The van der Waals surface area contributed by atoms with Crippen molar-refractivity contribution in [1.29, 1.82) is 0 Å². The first-order chi connectivity index (χ1) is 10.0. The summed E-state index contributed by atoms with van der Waals surface area (Å²) in [6, 6.07) is 10.2. The molecule has 110 valence electrons. The molecule has 0 amide bonds. The van der Waals surface area contributed by atoms with Crippen LogP contribution in [0.2, 0.25) is 5.02 Å². The number of nitrogens with zero attached hydrogens (tertiary/aromatic N) is 1. The van der Waals surface area contributed by atoms with Gasteiger partial charge in [-0.05, 0) is 29.8 Å². The average Bonchev–Trinajstić information content (AvgIpc) is 2.46. The molecule has 0 fully saturated rings. The van der Waals surface area contributed by atoms with Gasteiger partial charge in [0.1, 0.15) is 18.0 Å². The molecule has 5 nitrogen and oxygen atoms in total. The van der Waals surface area contributed by atoms with Crippen molar-refractivity contribution in [2.45, 2.75) is 6.61 Å². The van der Waals surface area contributed by atoms with Gasteiger partial charge in [-0.3, -0.25) is 10.1 Å². The zero-order valence-corrected chi connectivity index (χ0v) is 13.4. The predicted molar refractivity (Wildman–Crippen MR) is 86.1 cm³/mol. The van der Waals surface area contributed by atoms with Crippen LogP contribution in [-0.2, 0) is 6.61 Å². The van der Waals surface area contributed by atoms with Crippen molar-refractivity contribution in [2.24, 2.45) is 0 Å². The van der Waals surface area contributed by atoms with E-state index in [0.717, 1.165) is 4.47 Å². The molecule has 0 unspecified atom stereocenters. The molecule has 0 aromatic heterocycles. The van der Waals surface area contributed by atoms with Gasteiger partial charge in [0.15, 0.2) is 0 Å². The van der Waals surface area contributed by atoms with Gasteiger partial charge >= 0.3 is 0 Å². The number of halogens is 2. The third-order valence-electron chi connectivity index (χ3n) is 2.82. The number of anilines is 1. The number of hydrogen-bond donors (Lipinski definition) is 1. The Labute approximate surface area is 135 Å². The number of nitro benzene ring substituents is 1. The molecule has 2 aromatic carbocycles. The van der Waals surface area contributed by atoms with Crippen LogP contribution in [0.25, 0.3) is 0 Å². The lowest BCUT2D eigenvalue weighted by Gasteiger charge is -2.09. The molecule has 21 heavy (non-hydrogen) atoms. The number of nitrogens with one attached hydrogen (secondary N) is 1. The van der Waals surface area contributed by atoms with Gasteiger partial charge in [-0.25, -0.2) is 0 Å². The van der Waals surface area contributed by atoms with Gasteiger partial charge in [-0.15, -0.1) is 0 Å². The van der Waals surface area contributed by atoms with Gasteiger partial charge in [-0.1, -0.05) is 33.6 Å². The molecule has 0 aliphatic rings. The van der Waals surface area contributed by atoms with Gasteiger partial charge in [0.25, 0.3) is 5.69 Å². The third kappa shape index (κ3) is 3.86. The summed E-state index contributed by atoms with van der Waals surface area (Å²) in [5.74, 6) is 0.528. The van der Waals surface area contributed by atoms with Crippen molar-refractivity contribution in [3.05, 3.63) is 61.6 Å². The second-order valence-electron chi connectivity index (χ2n) is 4.22. The van der Waals surface area contributed by atoms with E-state index in [4.69, 9.17) is 16.3 Å². The lowest BCUT2D eigenvalue weighted by atomic mass is 10.2. The number of benzene rings is 2. The van der Waals surface area contributed by atoms with Crippen LogP contribution in [0.5, 0.6) is 5.75 Å². The summed E-state index contributed by atoms with van der Waals surface area (Å²) in [4.78, 5) is 10.6. The molecule has 1 N–H and O–H groups in total. The molecular formula is C14H12BrClN2O3. The highest BCUT2D eigenvalue weighted by Crippen LogP contribution is 2.29. The first-order valence-corrected chi connectivity index (χ1v) is 7.21. The summed E-state index contributed by atoms with van der Waals surface area (Å²) >= 11 is 9.36. The van der Waals surface area contributed by atoms with Crippen LogP contribution < -0.4 is 10.1 Å². The van der Waals surface area contributed by atoms with Gasteiger partial charge < -0.3 is 10.1 Å². The SMILES string of the molecule is CNc1ccc(COc2ccc(Br)cc2Cl)cc1[N+](=O)[O-]. The zero-order chi connectivity index (χ0) is 15.4. The van der Waals surface area contributed by atoms with Gasteiger partial charge in [0, 0.05) is 17.6 Å². The van der Waals surface area contributed by atoms with Gasteiger partial charge in [-0.2, -0.15) is 0 Å². The van der Waals surface area contributed by atoms with E-state index in [2.05, 4.69) is 21.2 Å². The molecule has 0 saturated carbocycles. The Morgan fingerprint density at radius 1 is 1.33 bits per heavy atom. The second kappa shape index (κ2) is 6.78. The maximum Gasteiger partial charge on any atom is 0.292 e. The van der Waals surface area contributed by atoms with E-state index >= 15 is 0 Å². The van der Waals surface area contributed by atoms with Crippen LogP contribution >= 0.6 is 27.5 Å². The van der Waals surface area contributed by atoms with Crippen LogP contribution in [0.3, 0.4) is 0 Å². The normalized spacial score (nSPS) is 10.2. The Kier molecular flexibility index (Phi) is 5.03. The topological polar surface area (TPSA) is 64.4 Å². The smallest absolute Gasteiger partial charge is 0.292 e. The lowest BCUT2D eigenvalue weighted by molar-refractivity contribution is -0.384. The molecule has 2 aromatic rings. The van der Waals surface area contributed by atoms with Gasteiger partial charge in [0.05, 0.1) is 9.95 Å². The van der Waals surface area contributed by atoms with E-state index in [0.29, 0.717) is 22.0 Å². The first-order valence-electron chi connectivity index (χ1n) is 6.04. The highest BCUT2D eigenvalue weighted by atomic mass is 79.9. The van der Waals surface area contributed by atoms with E-state index in [-0.39, 0.29) is 12.3 Å². The molecule has 0 saturated heterocycles. The Morgan fingerprint density at radius 3 is 2.71 bits per heavy atom. The summed E-state index contributed by atoms with van der Waals surface area (Å²) in [5, 5.41) is 14.3. The fourth-order valence-corrected chi connectivity index (χ4v) is 2.51. The summed E-state index contributed by atoms with van der Waals surface area (Å²) in [6.45, 7) is 0.201. The maximum absolute atomic E-state index is 11.0. The van der Waals surface area contributed by atoms with Crippen LogP contribution in [0.4, 0.5) is 11.4 Å². The molecule has 0 aliphatic carbocycles. The Morgan fingerprint density at radius 2 is 2.10 bits per heavy atom. The van der Waals surface area contributed by atoms with Crippen LogP contribution in [-0.4, -0.2) is 12.0 Å². The third-order valence-corrected chi connectivity index (χ3v) is 3.61. The molecule has 7 heteroatoms. The fraction of sp³-hybridized carbons (Fsp3) is 0.143. The van der Waals surface area contributed by atoms with E-state index in [1.165, 1.54) is 6.07 Å². The highest BCUT2D eigenvalue weighted by Gasteiger charge is 2.13. The largest absolute Gasteiger partial charge is 0.487 e. The monoisotopic (exact) mass is 370 g/mol. The molecular weight excluding hydrogens is 360 g/mol. The zero-order valence-electron chi connectivity index (χ0n) is 11.1. The highest BCUT2D eigenvalue weighted by molar-refractivity contribution is 9.10. The van der Waals surface area contributed by atoms with E-state index in [1.807, 2.05) is 6.07 Å². The molecule has 0 heterocycles. The minimum Gasteiger partial charge on any atom is -0.487 e. The van der Waals surface area contributed by atoms with Crippen molar-refractivity contribution in [3.8, 4) is 5.75 Å². The minimum absolute atomic E-state index is 0.0144. The van der Waals surface area contributed by atoms with Crippen LogP contribution in [0.1, 0.15) is 5.56 Å². The van der Waals surface area contributed by atoms with Crippen molar-refractivity contribution < 1.29 is 9.66 Å². The van der Waals surface area contributed by atoms with E-state index in [1.54, 1.807) is 31.3 Å². The molecule has 0 bridgehead atoms. The van der Waals surface area contributed by atoms with Crippen molar-refractivity contribution in [2.75, 3.05) is 12.4 Å². The summed E-state index contributed by atoms with van der Waals surface area (Å²) in [7, 11) is 1.64. The molecule has 0 spiro atoms.